The lowest BCUT2D eigenvalue weighted by Crippen LogP contribution is -2.28. The van der Waals surface area contributed by atoms with Crippen LogP contribution in [0.4, 0.5) is 3.89 Å². The number of carbonyl (C=O) groups is 1. The van der Waals surface area contributed by atoms with Crippen LogP contribution in [0.15, 0.2) is 24.3 Å². The van der Waals surface area contributed by atoms with Gasteiger partial charge in [-0.3, -0.25) is 4.79 Å². The number of hydrogen-bond acceptors (Lipinski definition) is 3. The van der Waals surface area contributed by atoms with Gasteiger partial charge in [-0.25, -0.2) is 0 Å². The first-order chi connectivity index (χ1) is 9.33. The van der Waals surface area contributed by atoms with E-state index < -0.39 is 21.9 Å². The third-order valence-electron chi connectivity index (χ3n) is 3.52. The van der Waals surface area contributed by atoms with Crippen LogP contribution in [0.2, 0.25) is 0 Å². The van der Waals surface area contributed by atoms with Gasteiger partial charge in [-0.1, -0.05) is 29.8 Å². The Morgan fingerprint density at radius 1 is 1.30 bits per heavy atom. The van der Waals surface area contributed by atoms with Crippen LogP contribution >= 0.6 is 0 Å². The molecule has 1 saturated heterocycles. The van der Waals surface area contributed by atoms with Gasteiger partial charge in [0.05, 0.1) is 5.75 Å². The Kier molecular flexibility index (Phi) is 4.42. The lowest BCUT2D eigenvalue weighted by Gasteiger charge is -2.16. The maximum absolute atomic E-state index is 12.6. The molecule has 0 bridgehead atoms. The number of halogens is 1. The summed E-state index contributed by atoms with van der Waals surface area (Å²) in [6.07, 6.45) is 0.845. The van der Waals surface area contributed by atoms with Crippen molar-refractivity contribution in [2.45, 2.75) is 19.8 Å². The Morgan fingerprint density at radius 2 is 1.95 bits per heavy atom. The molecule has 1 unspecified atom stereocenters. The molecule has 0 aromatic heterocycles. The monoisotopic (exact) mass is 299 g/mol. The summed E-state index contributed by atoms with van der Waals surface area (Å²) in [7, 11) is -4.51. The molecule has 1 aromatic rings. The highest BCUT2D eigenvalue weighted by Gasteiger charge is 2.32. The molecule has 4 nitrogen and oxygen atoms in total. The molecule has 0 saturated carbocycles. The van der Waals surface area contributed by atoms with E-state index in [-0.39, 0.29) is 12.3 Å². The zero-order chi connectivity index (χ0) is 14.8. The molecule has 0 N–H and O–H groups in total. The van der Waals surface area contributed by atoms with E-state index in [9.17, 15) is 17.1 Å². The van der Waals surface area contributed by atoms with Crippen molar-refractivity contribution in [2.24, 2.45) is 5.92 Å². The number of nitrogens with zero attached hydrogens (tertiary/aromatic N) is 1. The van der Waals surface area contributed by atoms with Gasteiger partial charge in [0.2, 0.25) is 5.91 Å². The summed E-state index contributed by atoms with van der Waals surface area (Å²) in [5.74, 6) is -1.07. The summed E-state index contributed by atoms with van der Waals surface area (Å²) in [4.78, 5) is 13.4. The van der Waals surface area contributed by atoms with Gasteiger partial charge >= 0.3 is 10.2 Å². The Labute approximate surface area is 118 Å². The van der Waals surface area contributed by atoms with Gasteiger partial charge in [-0.15, -0.1) is 3.89 Å². The van der Waals surface area contributed by atoms with E-state index in [2.05, 4.69) is 0 Å². The highest BCUT2D eigenvalue weighted by atomic mass is 32.3. The van der Waals surface area contributed by atoms with Crippen LogP contribution in [-0.2, 0) is 21.4 Å². The van der Waals surface area contributed by atoms with E-state index in [1.165, 1.54) is 5.56 Å². The summed E-state index contributed by atoms with van der Waals surface area (Å²) >= 11 is 0. The van der Waals surface area contributed by atoms with Crippen molar-refractivity contribution < 1.29 is 17.1 Å². The van der Waals surface area contributed by atoms with Crippen molar-refractivity contribution >= 4 is 16.1 Å². The van der Waals surface area contributed by atoms with Crippen LogP contribution in [0.3, 0.4) is 0 Å². The predicted octanol–water partition coefficient (Wildman–Crippen LogP) is 1.69. The van der Waals surface area contributed by atoms with Gasteiger partial charge in [0.1, 0.15) is 0 Å². The molecule has 1 heterocycles. The van der Waals surface area contributed by atoms with Crippen LogP contribution in [-0.4, -0.2) is 38.1 Å². The molecule has 0 aliphatic carbocycles. The fourth-order valence-corrected chi connectivity index (χ4v) is 3.27. The minimum atomic E-state index is -4.51. The molecule has 1 aliphatic rings. The summed E-state index contributed by atoms with van der Waals surface area (Å²) in [5, 5.41) is 0. The second-order valence-electron chi connectivity index (χ2n) is 5.35. The topological polar surface area (TPSA) is 54.5 Å². The van der Waals surface area contributed by atoms with Gasteiger partial charge in [0, 0.05) is 25.4 Å². The lowest BCUT2D eigenvalue weighted by atomic mass is 10.1. The van der Waals surface area contributed by atoms with Gasteiger partial charge in [-0.05, 0) is 18.9 Å². The third kappa shape index (κ3) is 4.30. The van der Waals surface area contributed by atoms with Gasteiger partial charge < -0.3 is 4.90 Å². The summed E-state index contributed by atoms with van der Waals surface area (Å²) in [5.41, 5.74) is 2.31. The highest BCUT2D eigenvalue weighted by molar-refractivity contribution is 7.86. The fourth-order valence-electron chi connectivity index (χ4n) is 2.48. The number of aryl methyl sites for hydroxylation is 1. The first-order valence-electron chi connectivity index (χ1n) is 6.59. The Morgan fingerprint density at radius 3 is 2.55 bits per heavy atom. The smallest absolute Gasteiger partial charge is 0.302 e. The molecule has 6 heteroatoms. The highest BCUT2D eigenvalue weighted by Crippen LogP contribution is 2.20. The number of likely N-dealkylation sites (tertiary alicyclic amines) is 1. The summed E-state index contributed by atoms with van der Waals surface area (Å²) < 4.78 is 33.9. The second kappa shape index (κ2) is 5.91. The van der Waals surface area contributed by atoms with Crippen molar-refractivity contribution in [1.29, 1.82) is 0 Å². The molecule has 1 fully saturated rings. The zero-order valence-corrected chi connectivity index (χ0v) is 12.2. The maximum atomic E-state index is 12.6. The average molecular weight is 299 g/mol. The molecule has 0 radical (unpaired) electrons. The van der Waals surface area contributed by atoms with Crippen molar-refractivity contribution in [3.05, 3.63) is 35.4 Å². The number of benzene rings is 1. The Bertz CT molecular complexity index is 583. The molecular formula is C14H18FNO3S. The standard InChI is InChI=1S/C14H18FNO3S/c1-11-2-4-12(5-3-11)6-7-16-9-13(8-14(16)17)10-20(15,18)19/h2-5,13H,6-10H2,1H3. The average Bonchev–Trinajstić information content (AvgIpc) is 2.66. The van der Waals surface area contributed by atoms with Crippen LogP contribution in [0, 0.1) is 12.8 Å². The van der Waals surface area contributed by atoms with Gasteiger partial charge in [-0.2, -0.15) is 8.42 Å². The number of amides is 1. The number of hydrogen-bond donors (Lipinski definition) is 0. The summed E-state index contributed by atoms with van der Waals surface area (Å²) in [6.45, 7) is 2.88. The lowest BCUT2D eigenvalue weighted by molar-refractivity contribution is -0.127. The molecule has 110 valence electrons. The predicted molar refractivity (Wildman–Crippen MR) is 74.5 cm³/mol. The largest absolute Gasteiger partial charge is 0.342 e. The molecule has 1 aliphatic heterocycles. The molecule has 20 heavy (non-hydrogen) atoms. The number of carbonyl (C=O) groups excluding carboxylic acids is 1. The van der Waals surface area contributed by atoms with Gasteiger partial charge in [0.25, 0.3) is 0 Å². The molecular weight excluding hydrogens is 281 g/mol. The van der Waals surface area contributed by atoms with E-state index in [1.807, 2.05) is 31.2 Å². The van der Waals surface area contributed by atoms with Crippen LogP contribution in [0.1, 0.15) is 17.5 Å². The first-order valence-corrected chi connectivity index (χ1v) is 8.14. The maximum Gasteiger partial charge on any atom is 0.302 e. The molecule has 1 aromatic carbocycles. The van der Waals surface area contributed by atoms with Gasteiger partial charge in [0.15, 0.2) is 0 Å². The van der Waals surface area contributed by atoms with E-state index in [0.29, 0.717) is 13.1 Å². The second-order valence-corrected chi connectivity index (χ2v) is 6.76. The Balaban J connectivity index is 1.87. The molecule has 1 atom stereocenters. The molecule has 0 spiro atoms. The molecule has 1 amide bonds. The first kappa shape index (κ1) is 15.0. The van der Waals surface area contributed by atoms with Crippen molar-refractivity contribution in [3.63, 3.8) is 0 Å². The molecule has 2 rings (SSSR count). The normalized spacial score (nSPS) is 19.6. The van der Waals surface area contributed by atoms with E-state index in [0.717, 1.165) is 12.0 Å². The van der Waals surface area contributed by atoms with Crippen LogP contribution < -0.4 is 0 Å². The Hall–Kier alpha value is -1.43. The SMILES string of the molecule is Cc1ccc(CCN2CC(CS(=O)(=O)F)CC2=O)cc1. The quantitative estimate of drug-likeness (QED) is 0.777. The van der Waals surface area contributed by atoms with Crippen LogP contribution in [0.25, 0.3) is 0 Å². The third-order valence-corrected chi connectivity index (χ3v) is 4.39. The summed E-state index contributed by atoms with van der Waals surface area (Å²) in [6, 6.07) is 8.05. The van der Waals surface area contributed by atoms with E-state index in [1.54, 1.807) is 4.90 Å². The van der Waals surface area contributed by atoms with Crippen LogP contribution in [0.5, 0.6) is 0 Å². The van der Waals surface area contributed by atoms with E-state index >= 15 is 0 Å². The zero-order valence-electron chi connectivity index (χ0n) is 11.4. The van der Waals surface area contributed by atoms with E-state index in [4.69, 9.17) is 0 Å². The fraction of sp³-hybridized carbons (Fsp3) is 0.500. The van der Waals surface area contributed by atoms with Crippen molar-refractivity contribution in [1.82, 2.24) is 4.90 Å². The van der Waals surface area contributed by atoms with Crippen molar-refractivity contribution in [2.75, 3.05) is 18.8 Å². The minimum Gasteiger partial charge on any atom is -0.342 e. The number of rotatable bonds is 5. The van der Waals surface area contributed by atoms with Crippen molar-refractivity contribution in [3.8, 4) is 0 Å². The minimum absolute atomic E-state index is 0.0919.